The van der Waals surface area contributed by atoms with E-state index < -0.39 is 5.97 Å². The van der Waals surface area contributed by atoms with Crippen LogP contribution in [0.4, 0.5) is 0 Å². The van der Waals surface area contributed by atoms with Gasteiger partial charge in [-0.15, -0.1) is 0 Å². The van der Waals surface area contributed by atoms with Crippen molar-refractivity contribution >= 4 is 5.97 Å². The Hall–Kier alpha value is -1.82. The van der Waals surface area contributed by atoms with Gasteiger partial charge in [0.15, 0.2) is 0 Å². The Bertz CT molecular complexity index is 419. The number of carbonyl (C=O) groups is 1. The molecule has 0 saturated carbocycles. The predicted octanol–water partition coefficient (Wildman–Crippen LogP) is 2.31. The van der Waals surface area contributed by atoms with E-state index in [9.17, 15) is 4.79 Å². The van der Waals surface area contributed by atoms with Crippen molar-refractivity contribution in [2.24, 2.45) is 0 Å². The molecule has 0 spiro atoms. The molecule has 0 aliphatic rings. The van der Waals surface area contributed by atoms with E-state index in [1.807, 2.05) is 26.0 Å². The number of rotatable bonds is 4. The van der Waals surface area contributed by atoms with Crippen molar-refractivity contribution in [1.29, 1.82) is 5.26 Å². The third-order valence-corrected chi connectivity index (χ3v) is 2.59. The molecule has 0 bridgehead atoms. The fourth-order valence-electron chi connectivity index (χ4n) is 1.82. The van der Waals surface area contributed by atoms with E-state index in [2.05, 4.69) is 6.07 Å². The molecule has 0 fully saturated rings. The van der Waals surface area contributed by atoms with Crippen LogP contribution < -0.4 is 0 Å². The second-order valence-electron chi connectivity index (χ2n) is 3.68. The minimum absolute atomic E-state index is 0.0196. The summed E-state index contributed by atoms with van der Waals surface area (Å²) in [5, 5.41) is 17.8. The number of carboxylic acids is 1. The predicted molar refractivity (Wildman–Crippen MR) is 61.3 cm³/mol. The number of aliphatic carboxylic acids is 1. The third-order valence-electron chi connectivity index (χ3n) is 2.59. The van der Waals surface area contributed by atoms with Crippen LogP contribution in [0.5, 0.6) is 0 Å². The van der Waals surface area contributed by atoms with Crippen molar-refractivity contribution < 1.29 is 9.90 Å². The van der Waals surface area contributed by atoms with E-state index >= 15 is 0 Å². The van der Waals surface area contributed by atoms with Crippen LogP contribution in [0.1, 0.15) is 36.1 Å². The first kappa shape index (κ1) is 12.3. The van der Waals surface area contributed by atoms with Crippen molar-refractivity contribution in [1.82, 2.24) is 0 Å². The van der Waals surface area contributed by atoms with Gasteiger partial charge in [-0.1, -0.05) is 26.0 Å². The van der Waals surface area contributed by atoms with E-state index in [1.54, 1.807) is 0 Å². The van der Waals surface area contributed by atoms with Gasteiger partial charge in [-0.3, -0.25) is 4.79 Å². The lowest BCUT2D eigenvalue weighted by Gasteiger charge is -2.09. The van der Waals surface area contributed by atoms with Gasteiger partial charge in [0.25, 0.3) is 0 Å². The lowest BCUT2D eigenvalue weighted by atomic mass is 9.94. The lowest BCUT2D eigenvalue weighted by Crippen LogP contribution is -2.04. The Morgan fingerprint density at radius 3 is 2.12 bits per heavy atom. The van der Waals surface area contributed by atoms with Gasteiger partial charge < -0.3 is 5.11 Å². The zero-order chi connectivity index (χ0) is 12.1. The quantitative estimate of drug-likeness (QED) is 0.841. The zero-order valence-electron chi connectivity index (χ0n) is 9.58. The summed E-state index contributed by atoms with van der Waals surface area (Å²) in [5.74, 6) is -0.839. The van der Waals surface area contributed by atoms with Gasteiger partial charge in [0.05, 0.1) is 18.1 Å². The third kappa shape index (κ3) is 2.60. The highest BCUT2D eigenvalue weighted by Gasteiger charge is 2.10. The highest BCUT2D eigenvalue weighted by molar-refractivity contribution is 5.70. The first-order chi connectivity index (χ1) is 7.62. The molecule has 0 aliphatic carbocycles. The maximum Gasteiger partial charge on any atom is 0.307 e. The van der Waals surface area contributed by atoms with Crippen LogP contribution in [-0.2, 0) is 24.1 Å². The molecule has 1 aromatic carbocycles. The number of benzene rings is 1. The van der Waals surface area contributed by atoms with E-state index in [4.69, 9.17) is 10.4 Å². The van der Waals surface area contributed by atoms with Gasteiger partial charge in [0, 0.05) is 0 Å². The maximum absolute atomic E-state index is 10.7. The maximum atomic E-state index is 10.7. The summed E-state index contributed by atoms with van der Waals surface area (Å²) in [6, 6.07) is 5.85. The first-order valence-corrected chi connectivity index (χ1v) is 5.38. The number of nitriles is 1. The summed E-state index contributed by atoms with van der Waals surface area (Å²) in [7, 11) is 0. The second kappa shape index (κ2) is 5.32. The van der Waals surface area contributed by atoms with Crippen molar-refractivity contribution in [2.75, 3.05) is 0 Å². The smallest absolute Gasteiger partial charge is 0.307 e. The van der Waals surface area contributed by atoms with Gasteiger partial charge in [-0.05, 0) is 29.5 Å². The number of aryl methyl sites for hydroxylation is 2. The first-order valence-electron chi connectivity index (χ1n) is 5.38. The average Bonchev–Trinajstić information content (AvgIpc) is 2.26. The van der Waals surface area contributed by atoms with Crippen LogP contribution in [0.2, 0.25) is 0 Å². The minimum Gasteiger partial charge on any atom is -0.481 e. The lowest BCUT2D eigenvalue weighted by molar-refractivity contribution is -0.136. The Balaban J connectivity index is 3.27. The molecule has 1 rings (SSSR count). The van der Waals surface area contributed by atoms with Crippen molar-refractivity contribution in [3.05, 3.63) is 34.4 Å². The zero-order valence-corrected chi connectivity index (χ0v) is 9.58. The van der Waals surface area contributed by atoms with E-state index in [1.165, 1.54) is 0 Å². The van der Waals surface area contributed by atoms with Crippen LogP contribution in [0.3, 0.4) is 0 Å². The summed E-state index contributed by atoms with van der Waals surface area (Å²) in [6.45, 7) is 3.94. The molecule has 84 valence electrons. The van der Waals surface area contributed by atoms with Crippen LogP contribution in [0, 0.1) is 11.3 Å². The Labute approximate surface area is 95.3 Å². The molecule has 16 heavy (non-hydrogen) atoms. The molecule has 3 heteroatoms. The number of hydrogen-bond donors (Lipinski definition) is 1. The highest BCUT2D eigenvalue weighted by atomic mass is 16.4. The summed E-state index contributed by atoms with van der Waals surface area (Å²) in [6.07, 6.45) is 1.53. The van der Waals surface area contributed by atoms with E-state index in [-0.39, 0.29) is 6.42 Å². The summed E-state index contributed by atoms with van der Waals surface area (Å²) >= 11 is 0. The van der Waals surface area contributed by atoms with Gasteiger partial charge >= 0.3 is 5.97 Å². The number of hydrogen-bond acceptors (Lipinski definition) is 2. The van der Waals surface area contributed by atoms with E-state index in [0.29, 0.717) is 5.56 Å². The molecule has 0 saturated heterocycles. The molecule has 0 amide bonds. The van der Waals surface area contributed by atoms with Crippen molar-refractivity contribution in [3.63, 3.8) is 0 Å². The number of nitrogens with zero attached hydrogens (tertiary/aromatic N) is 1. The molecule has 0 unspecified atom stereocenters. The molecule has 3 nitrogen and oxygen atoms in total. The molecule has 0 aromatic heterocycles. The summed E-state index contributed by atoms with van der Waals surface area (Å²) < 4.78 is 0. The highest BCUT2D eigenvalue weighted by Crippen LogP contribution is 2.19. The topological polar surface area (TPSA) is 61.1 Å². The Morgan fingerprint density at radius 2 is 1.81 bits per heavy atom. The largest absolute Gasteiger partial charge is 0.481 e. The Morgan fingerprint density at radius 1 is 1.31 bits per heavy atom. The van der Waals surface area contributed by atoms with Gasteiger partial charge in [0.1, 0.15) is 0 Å². The van der Waals surface area contributed by atoms with Gasteiger partial charge in [-0.25, -0.2) is 0 Å². The average molecular weight is 217 g/mol. The van der Waals surface area contributed by atoms with Crippen molar-refractivity contribution in [3.8, 4) is 6.07 Å². The van der Waals surface area contributed by atoms with Gasteiger partial charge in [-0.2, -0.15) is 5.26 Å². The second-order valence-corrected chi connectivity index (χ2v) is 3.68. The molecule has 1 aromatic rings. The molecule has 0 heterocycles. The molecular weight excluding hydrogens is 202 g/mol. The van der Waals surface area contributed by atoms with Crippen molar-refractivity contribution in [2.45, 2.75) is 33.1 Å². The van der Waals surface area contributed by atoms with Crippen LogP contribution in [-0.4, -0.2) is 11.1 Å². The molecule has 0 radical (unpaired) electrons. The fraction of sp³-hybridized carbons (Fsp3) is 0.385. The molecular formula is C13H15NO2. The SMILES string of the molecule is CCc1cc(CC(=O)O)cc(CC)c1C#N. The number of carboxylic acid groups (broad SMARTS) is 1. The summed E-state index contributed by atoms with van der Waals surface area (Å²) in [5.41, 5.74) is 3.37. The van der Waals surface area contributed by atoms with Crippen LogP contribution in [0.25, 0.3) is 0 Å². The van der Waals surface area contributed by atoms with Gasteiger partial charge in [0.2, 0.25) is 0 Å². The molecule has 0 atom stereocenters. The standard InChI is InChI=1S/C13H15NO2/c1-3-10-5-9(7-13(15)16)6-11(4-2)12(10)8-14/h5-6H,3-4,7H2,1-2H3,(H,15,16). The normalized spacial score (nSPS) is 9.81. The van der Waals surface area contributed by atoms with Crippen LogP contribution >= 0.6 is 0 Å². The monoisotopic (exact) mass is 217 g/mol. The summed E-state index contributed by atoms with van der Waals surface area (Å²) in [4.78, 5) is 10.7. The molecule has 0 aliphatic heterocycles. The Kier molecular flexibility index (Phi) is 4.07. The van der Waals surface area contributed by atoms with Crippen LogP contribution in [0.15, 0.2) is 12.1 Å². The van der Waals surface area contributed by atoms with E-state index in [0.717, 1.165) is 29.5 Å². The fourth-order valence-corrected chi connectivity index (χ4v) is 1.82. The molecule has 1 N–H and O–H groups in total. The minimum atomic E-state index is -0.839.